The highest BCUT2D eigenvalue weighted by Gasteiger charge is 2.17. The smallest absolute Gasteiger partial charge is 0.328 e. The van der Waals surface area contributed by atoms with Crippen molar-refractivity contribution >= 4 is 23.8 Å². The first-order valence-corrected chi connectivity index (χ1v) is 6.43. The second kappa shape index (κ2) is 7.44. The van der Waals surface area contributed by atoms with Crippen molar-refractivity contribution in [2.75, 3.05) is 19.0 Å². The molecule has 0 saturated carbocycles. The molecule has 114 valence electrons. The molecule has 6 nitrogen and oxygen atoms in total. The number of carboxylic acid groups (broad SMARTS) is 1. The van der Waals surface area contributed by atoms with Crippen LogP contribution in [-0.2, 0) is 9.53 Å². The Labute approximate surface area is 123 Å². The Kier molecular flexibility index (Phi) is 5.92. The fourth-order valence-electron chi connectivity index (χ4n) is 1.43. The number of carboxylic acids is 1. The van der Waals surface area contributed by atoms with Crippen molar-refractivity contribution < 1.29 is 19.4 Å². The predicted molar refractivity (Wildman–Crippen MR) is 81.2 cm³/mol. The van der Waals surface area contributed by atoms with E-state index in [2.05, 4.69) is 10.6 Å². The zero-order valence-electron chi connectivity index (χ0n) is 12.3. The van der Waals surface area contributed by atoms with Crippen LogP contribution in [0.3, 0.4) is 0 Å². The Bertz CT molecular complexity index is 538. The van der Waals surface area contributed by atoms with Crippen molar-refractivity contribution in [2.45, 2.75) is 19.4 Å². The maximum atomic E-state index is 11.8. The number of urea groups is 1. The molecule has 0 aliphatic rings. The van der Waals surface area contributed by atoms with Crippen LogP contribution in [0.25, 0.3) is 6.08 Å². The average Bonchev–Trinajstić information content (AvgIpc) is 2.43. The van der Waals surface area contributed by atoms with Gasteiger partial charge in [-0.25, -0.2) is 9.59 Å². The molecule has 0 unspecified atom stereocenters. The number of hydrogen-bond acceptors (Lipinski definition) is 3. The molecule has 0 aromatic heterocycles. The molecule has 0 saturated heterocycles. The second-order valence-electron chi connectivity index (χ2n) is 5.07. The van der Waals surface area contributed by atoms with Gasteiger partial charge >= 0.3 is 12.0 Å². The molecule has 2 amide bonds. The summed E-state index contributed by atoms with van der Waals surface area (Å²) in [5, 5.41) is 14.0. The monoisotopic (exact) mass is 292 g/mol. The number of carbonyl (C=O) groups is 2. The molecule has 0 spiro atoms. The van der Waals surface area contributed by atoms with Crippen LogP contribution in [0.4, 0.5) is 10.5 Å². The van der Waals surface area contributed by atoms with E-state index in [-0.39, 0.29) is 6.03 Å². The standard InChI is InChI=1S/C15H20N2O4/c1-15(2,21-3)10-16-14(20)17-12-6-4-5-11(9-12)7-8-13(18)19/h4-9H,10H2,1-3H3,(H,18,19)(H2,16,17,20)/b8-7+. The summed E-state index contributed by atoms with van der Waals surface area (Å²) in [6.45, 7) is 4.10. The molecule has 0 heterocycles. The highest BCUT2D eigenvalue weighted by atomic mass is 16.5. The van der Waals surface area contributed by atoms with E-state index < -0.39 is 11.6 Å². The third kappa shape index (κ3) is 6.58. The Morgan fingerprint density at radius 3 is 2.71 bits per heavy atom. The van der Waals surface area contributed by atoms with Crippen molar-refractivity contribution in [1.82, 2.24) is 5.32 Å². The van der Waals surface area contributed by atoms with E-state index in [0.29, 0.717) is 17.8 Å². The third-order valence-corrected chi connectivity index (χ3v) is 2.79. The molecule has 21 heavy (non-hydrogen) atoms. The van der Waals surface area contributed by atoms with Gasteiger partial charge in [0.15, 0.2) is 0 Å². The maximum absolute atomic E-state index is 11.8. The highest BCUT2D eigenvalue weighted by molar-refractivity contribution is 5.90. The van der Waals surface area contributed by atoms with Crippen LogP contribution < -0.4 is 10.6 Å². The largest absolute Gasteiger partial charge is 0.478 e. The minimum Gasteiger partial charge on any atom is -0.478 e. The lowest BCUT2D eigenvalue weighted by Gasteiger charge is -2.23. The molecule has 0 atom stereocenters. The summed E-state index contributed by atoms with van der Waals surface area (Å²) in [6, 6.07) is 6.53. The Morgan fingerprint density at radius 2 is 2.10 bits per heavy atom. The van der Waals surface area contributed by atoms with E-state index in [1.807, 2.05) is 13.8 Å². The Morgan fingerprint density at radius 1 is 1.38 bits per heavy atom. The summed E-state index contributed by atoms with van der Waals surface area (Å²) in [7, 11) is 1.58. The first kappa shape index (κ1) is 16.7. The second-order valence-corrected chi connectivity index (χ2v) is 5.07. The number of rotatable bonds is 6. The van der Waals surface area contributed by atoms with Gasteiger partial charge in [0.2, 0.25) is 0 Å². The minimum atomic E-state index is -1.02. The molecule has 0 radical (unpaired) electrons. The summed E-state index contributed by atoms with van der Waals surface area (Å²) in [4.78, 5) is 22.2. The van der Waals surface area contributed by atoms with Gasteiger partial charge in [0, 0.05) is 25.4 Å². The van der Waals surface area contributed by atoms with Crippen LogP contribution in [0.2, 0.25) is 0 Å². The summed E-state index contributed by atoms with van der Waals surface area (Å²) in [5.74, 6) is -1.02. The van der Waals surface area contributed by atoms with Gasteiger partial charge in [-0.1, -0.05) is 12.1 Å². The van der Waals surface area contributed by atoms with Crippen molar-refractivity contribution in [3.63, 3.8) is 0 Å². The molecule has 3 N–H and O–H groups in total. The molecular formula is C15H20N2O4. The van der Waals surface area contributed by atoms with E-state index in [9.17, 15) is 9.59 Å². The Hall–Kier alpha value is -2.34. The lowest BCUT2D eigenvalue weighted by Crippen LogP contribution is -2.41. The van der Waals surface area contributed by atoms with Crippen LogP contribution in [-0.4, -0.2) is 36.4 Å². The summed E-state index contributed by atoms with van der Waals surface area (Å²) < 4.78 is 5.20. The van der Waals surface area contributed by atoms with Gasteiger partial charge in [0.1, 0.15) is 0 Å². The number of nitrogens with one attached hydrogen (secondary N) is 2. The number of benzene rings is 1. The van der Waals surface area contributed by atoms with Gasteiger partial charge < -0.3 is 20.5 Å². The minimum absolute atomic E-state index is 0.348. The average molecular weight is 292 g/mol. The first-order chi connectivity index (χ1) is 9.82. The maximum Gasteiger partial charge on any atom is 0.328 e. The molecular weight excluding hydrogens is 272 g/mol. The van der Waals surface area contributed by atoms with Gasteiger partial charge in [-0.2, -0.15) is 0 Å². The van der Waals surface area contributed by atoms with E-state index >= 15 is 0 Å². The zero-order valence-corrected chi connectivity index (χ0v) is 12.3. The molecule has 1 aromatic carbocycles. The predicted octanol–water partition coefficient (Wildman–Crippen LogP) is 2.33. The molecule has 0 aliphatic carbocycles. The van der Waals surface area contributed by atoms with Crippen LogP contribution in [0.1, 0.15) is 19.4 Å². The van der Waals surface area contributed by atoms with Gasteiger partial charge in [-0.3, -0.25) is 0 Å². The fourth-order valence-corrected chi connectivity index (χ4v) is 1.43. The number of aliphatic carboxylic acids is 1. The van der Waals surface area contributed by atoms with Crippen LogP contribution in [0.15, 0.2) is 30.3 Å². The molecule has 1 rings (SSSR count). The number of hydrogen-bond donors (Lipinski definition) is 3. The van der Waals surface area contributed by atoms with Crippen molar-refractivity contribution in [2.24, 2.45) is 0 Å². The van der Waals surface area contributed by atoms with Crippen molar-refractivity contribution in [3.8, 4) is 0 Å². The number of amides is 2. The number of carbonyl (C=O) groups excluding carboxylic acids is 1. The van der Waals surface area contributed by atoms with Crippen LogP contribution >= 0.6 is 0 Å². The van der Waals surface area contributed by atoms with E-state index in [1.54, 1.807) is 31.4 Å². The van der Waals surface area contributed by atoms with E-state index in [1.165, 1.54) is 6.08 Å². The van der Waals surface area contributed by atoms with E-state index in [0.717, 1.165) is 6.08 Å². The van der Waals surface area contributed by atoms with Crippen molar-refractivity contribution in [3.05, 3.63) is 35.9 Å². The number of ether oxygens (including phenoxy) is 1. The van der Waals surface area contributed by atoms with Gasteiger partial charge in [-0.15, -0.1) is 0 Å². The first-order valence-electron chi connectivity index (χ1n) is 6.43. The number of methoxy groups -OCH3 is 1. The third-order valence-electron chi connectivity index (χ3n) is 2.79. The SMILES string of the molecule is COC(C)(C)CNC(=O)Nc1cccc(/C=C/C(=O)O)c1. The van der Waals surface area contributed by atoms with Crippen LogP contribution in [0.5, 0.6) is 0 Å². The van der Waals surface area contributed by atoms with Crippen LogP contribution in [0, 0.1) is 0 Å². The lowest BCUT2D eigenvalue weighted by molar-refractivity contribution is -0.131. The molecule has 0 fully saturated rings. The Balaban J connectivity index is 2.60. The van der Waals surface area contributed by atoms with Crippen molar-refractivity contribution in [1.29, 1.82) is 0 Å². The lowest BCUT2D eigenvalue weighted by atomic mass is 10.1. The summed E-state index contributed by atoms with van der Waals surface area (Å²) >= 11 is 0. The zero-order chi connectivity index (χ0) is 15.9. The van der Waals surface area contributed by atoms with Gasteiger partial charge in [0.25, 0.3) is 0 Å². The molecule has 0 aliphatic heterocycles. The normalized spacial score (nSPS) is 11.4. The summed E-state index contributed by atoms with van der Waals surface area (Å²) in [6.07, 6.45) is 2.50. The topological polar surface area (TPSA) is 87.7 Å². The van der Waals surface area contributed by atoms with E-state index in [4.69, 9.17) is 9.84 Å². The van der Waals surface area contributed by atoms with Gasteiger partial charge in [-0.05, 0) is 37.6 Å². The quantitative estimate of drug-likeness (QED) is 0.702. The highest BCUT2D eigenvalue weighted by Crippen LogP contribution is 2.12. The summed E-state index contributed by atoms with van der Waals surface area (Å²) in [5.41, 5.74) is 0.825. The molecule has 0 bridgehead atoms. The van der Waals surface area contributed by atoms with Gasteiger partial charge in [0.05, 0.1) is 5.60 Å². The molecule has 1 aromatic rings. The molecule has 6 heteroatoms. The number of anilines is 1. The fraction of sp³-hybridized carbons (Fsp3) is 0.333.